The minimum atomic E-state index is -4.56. The van der Waals surface area contributed by atoms with Crippen molar-refractivity contribution < 1.29 is 27.9 Å². The second-order valence-electron chi connectivity index (χ2n) is 5.04. The third-order valence-corrected chi connectivity index (χ3v) is 4.44. The highest BCUT2D eigenvalue weighted by Gasteiger charge is 2.31. The van der Waals surface area contributed by atoms with Crippen LogP contribution < -0.4 is 5.32 Å². The molecule has 23 heavy (non-hydrogen) atoms. The summed E-state index contributed by atoms with van der Waals surface area (Å²) in [5, 5.41) is 13.4. The quantitative estimate of drug-likeness (QED) is 0.859. The van der Waals surface area contributed by atoms with Crippen molar-refractivity contribution in [3.05, 3.63) is 46.9 Å². The van der Waals surface area contributed by atoms with Crippen LogP contribution in [0.5, 0.6) is 0 Å². The van der Waals surface area contributed by atoms with Crippen molar-refractivity contribution in [2.45, 2.75) is 30.3 Å². The summed E-state index contributed by atoms with van der Waals surface area (Å²) in [5.41, 5.74) is -1.17. The van der Waals surface area contributed by atoms with Gasteiger partial charge in [-0.1, -0.05) is 12.1 Å². The topological polar surface area (TPSA) is 66.4 Å². The Labute approximate surface area is 134 Å². The van der Waals surface area contributed by atoms with Gasteiger partial charge in [0.15, 0.2) is 0 Å². The lowest BCUT2D eigenvalue weighted by Gasteiger charge is -2.18. The molecule has 0 saturated carbocycles. The Morgan fingerprint density at radius 2 is 2.13 bits per heavy atom. The molecule has 0 bridgehead atoms. The number of nitrogens with one attached hydrogen (secondary N) is 1. The molecule has 1 aliphatic heterocycles. The van der Waals surface area contributed by atoms with Gasteiger partial charge in [-0.15, -0.1) is 11.8 Å². The van der Waals surface area contributed by atoms with Gasteiger partial charge in [-0.2, -0.15) is 13.2 Å². The van der Waals surface area contributed by atoms with Crippen molar-refractivity contribution in [1.82, 2.24) is 5.32 Å². The third kappa shape index (κ3) is 4.75. The lowest BCUT2D eigenvalue weighted by Crippen LogP contribution is -2.42. The van der Waals surface area contributed by atoms with Crippen LogP contribution in [0.4, 0.5) is 13.2 Å². The first-order chi connectivity index (χ1) is 10.8. The van der Waals surface area contributed by atoms with Crippen LogP contribution in [0.25, 0.3) is 0 Å². The normalized spacial score (nSPS) is 18.7. The van der Waals surface area contributed by atoms with Crippen molar-refractivity contribution in [1.29, 1.82) is 0 Å². The SMILES string of the molecule is O=C(N[C@@H](CC1CC=CS1)C(=O)O)c1cccc(C(F)(F)F)c1. The van der Waals surface area contributed by atoms with Gasteiger partial charge >= 0.3 is 12.1 Å². The molecule has 0 aliphatic carbocycles. The molecule has 124 valence electrons. The van der Waals surface area contributed by atoms with Crippen molar-refractivity contribution >= 4 is 23.6 Å². The first kappa shape index (κ1) is 17.4. The van der Waals surface area contributed by atoms with Gasteiger partial charge in [0.25, 0.3) is 5.91 Å². The number of hydrogen-bond acceptors (Lipinski definition) is 3. The van der Waals surface area contributed by atoms with E-state index in [1.165, 1.54) is 17.8 Å². The monoisotopic (exact) mass is 345 g/mol. The number of halogens is 3. The van der Waals surface area contributed by atoms with Crippen molar-refractivity contribution in [3.8, 4) is 0 Å². The molecule has 0 spiro atoms. The van der Waals surface area contributed by atoms with E-state index < -0.39 is 29.7 Å². The van der Waals surface area contributed by atoms with Crippen LogP contribution in [-0.4, -0.2) is 28.3 Å². The molecule has 1 amide bonds. The highest BCUT2D eigenvalue weighted by molar-refractivity contribution is 8.03. The summed E-state index contributed by atoms with van der Waals surface area (Å²) >= 11 is 1.47. The summed E-state index contributed by atoms with van der Waals surface area (Å²) < 4.78 is 38.0. The predicted octanol–water partition coefficient (Wildman–Crippen LogP) is 3.30. The number of carbonyl (C=O) groups excluding carboxylic acids is 1. The number of carbonyl (C=O) groups is 2. The number of thioether (sulfide) groups is 1. The lowest BCUT2D eigenvalue weighted by atomic mass is 10.1. The van der Waals surface area contributed by atoms with Crippen LogP contribution in [0.15, 0.2) is 35.7 Å². The number of allylic oxidation sites excluding steroid dienone is 1. The summed E-state index contributed by atoms with van der Waals surface area (Å²) in [5.74, 6) is -2.04. The lowest BCUT2D eigenvalue weighted by molar-refractivity contribution is -0.139. The fourth-order valence-corrected chi connectivity index (χ4v) is 3.11. The van der Waals surface area contributed by atoms with Crippen LogP contribution in [0.1, 0.15) is 28.8 Å². The fraction of sp³-hybridized carbons (Fsp3) is 0.333. The van der Waals surface area contributed by atoms with Crippen LogP contribution >= 0.6 is 11.8 Å². The fourth-order valence-electron chi connectivity index (χ4n) is 2.14. The molecule has 4 nitrogen and oxygen atoms in total. The maximum atomic E-state index is 12.7. The number of alkyl halides is 3. The average molecular weight is 345 g/mol. The van der Waals surface area contributed by atoms with Gasteiger partial charge in [-0.3, -0.25) is 4.79 Å². The second-order valence-corrected chi connectivity index (χ2v) is 6.26. The molecular weight excluding hydrogens is 331 g/mol. The maximum Gasteiger partial charge on any atom is 0.416 e. The summed E-state index contributed by atoms with van der Waals surface area (Å²) in [7, 11) is 0. The number of carboxylic acid groups (broad SMARTS) is 1. The van der Waals surface area contributed by atoms with E-state index in [1.807, 2.05) is 11.5 Å². The number of benzene rings is 1. The van der Waals surface area contributed by atoms with E-state index in [2.05, 4.69) is 5.32 Å². The molecule has 1 aromatic rings. The molecule has 1 unspecified atom stereocenters. The van der Waals surface area contributed by atoms with Crippen molar-refractivity contribution in [3.63, 3.8) is 0 Å². The minimum absolute atomic E-state index is 0.0397. The van der Waals surface area contributed by atoms with E-state index in [-0.39, 0.29) is 17.2 Å². The van der Waals surface area contributed by atoms with Gasteiger partial charge in [0.05, 0.1) is 5.56 Å². The van der Waals surface area contributed by atoms with Crippen LogP contribution in [0.2, 0.25) is 0 Å². The van der Waals surface area contributed by atoms with E-state index in [4.69, 9.17) is 0 Å². The van der Waals surface area contributed by atoms with Crippen molar-refractivity contribution in [2.75, 3.05) is 0 Å². The Balaban J connectivity index is 2.07. The minimum Gasteiger partial charge on any atom is -0.480 e. The van der Waals surface area contributed by atoms with Gasteiger partial charge in [-0.05, 0) is 36.4 Å². The molecule has 2 rings (SSSR count). The van der Waals surface area contributed by atoms with Crippen molar-refractivity contribution in [2.24, 2.45) is 0 Å². The van der Waals surface area contributed by atoms with E-state index in [0.29, 0.717) is 12.5 Å². The molecule has 8 heteroatoms. The molecule has 1 heterocycles. The van der Waals surface area contributed by atoms with E-state index in [9.17, 15) is 27.9 Å². The Kier molecular flexibility index (Phi) is 5.35. The number of carboxylic acids is 1. The molecule has 2 atom stereocenters. The average Bonchev–Trinajstić information content (AvgIpc) is 2.98. The third-order valence-electron chi connectivity index (χ3n) is 3.32. The molecular formula is C15H14F3NO3S. The second kappa shape index (κ2) is 7.08. The Morgan fingerprint density at radius 1 is 1.39 bits per heavy atom. The van der Waals surface area contributed by atoms with Gasteiger partial charge in [0.2, 0.25) is 0 Å². The molecule has 2 N–H and O–H groups in total. The maximum absolute atomic E-state index is 12.7. The predicted molar refractivity (Wildman–Crippen MR) is 80.1 cm³/mol. The standard InChI is InChI=1S/C15H14F3NO3S/c16-15(17,18)10-4-1-3-9(7-10)13(20)19-12(14(21)22)8-11-5-2-6-23-11/h1-4,6-7,11-12H,5,8H2,(H,19,20)(H,21,22)/t11?,12-/m0/s1. The summed E-state index contributed by atoms with van der Waals surface area (Å²) in [6, 6.07) is 2.75. The Bertz CT molecular complexity index is 623. The highest BCUT2D eigenvalue weighted by Crippen LogP contribution is 2.30. The molecule has 1 aliphatic rings. The highest BCUT2D eigenvalue weighted by atomic mass is 32.2. The first-order valence-corrected chi connectivity index (χ1v) is 7.73. The molecule has 0 aromatic heterocycles. The van der Waals surface area contributed by atoms with Gasteiger partial charge < -0.3 is 10.4 Å². The zero-order chi connectivity index (χ0) is 17.0. The zero-order valence-electron chi connectivity index (χ0n) is 11.8. The molecule has 0 radical (unpaired) electrons. The summed E-state index contributed by atoms with van der Waals surface area (Å²) in [4.78, 5) is 23.3. The van der Waals surface area contributed by atoms with Crippen LogP contribution in [0.3, 0.4) is 0 Å². The number of aliphatic carboxylic acids is 1. The molecule has 1 aromatic carbocycles. The van der Waals surface area contributed by atoms with Crippen LogP contribution in [-0.2, 0) is 11.0 Å². The largest absolute Gasteiger partial charge is 0.480 e. The molecule has 0 saturated heterocycles. The summed E-state index contributed by atoms with van der Waals surface area (Å²) in [6.07, 6.45) is -1.75. The smallest absolute Gasteiger partial charge is 0.416 e. The number of rotatable bonds is 5. The van der Waals surface area contributed by atoms with Gasteiger partial charge in [0.1, 0.15) is 6.04 Å². The van der Waals surface area contributed by atoms with Crippen LogP contribution in [0, 0.1) is 0 Å². The number of hydrogen-bond donors (Lipinski definition) is 2. The van der Waals surface area contributed by atoms with Gasteiger partial charge in [0, 0.05) is 10.8 Å². The van der Waals surface area contributed by atoms with Gasteiger partial charge in [-0.25, -0.2) is 4.79 Å². The summed E-state index contributed by atoms with van der Waals surface area (Å²) in [6.45, 7) is 0. The Morgan fingerprint density at radius 3 is 2.70 bits per heavy atom. The zero-order valence-corrected chi connectivity index (χ0v) is 12.7. The molecule has 0 fully saturated rings. The van der Waals surface area contributed by atoms with E-state index in [1.54, 1.807) is 0 Å². The Hall–Kier alpha value is -1.96. The first-order valence-electron chi connectivity index (χ1n) is 6.79. The van der Waals surface area contributed by atoms with E-state index in [0.717, 1.165) is 12.1 Å². The van der Waals surface area contributed by atoms with E-state index >= 15 is 0 Å². The number of amides is 1.